The van der Waals surface area contributed by atoms with Crippen molar-refractivity contribution in [2.45, 2.75) is 4.90 Å². The maximum Gasteiger partial charge on any atom is 0.264 e. The molecule has 0 aliphatic carbocycles. The molecule has 0 spiro atoms. The van der Waals surface area contributed by atoms with E-state index in [1.54, 1.807) is 24.3 Å². The van der Waals surface area contributed by atoms with E-state index in [0.29, 0.717) is 11.4 Å². The largest absolute Gasteiger partial charge is 0.497 e. The Hall–Kier alpha value is -3.92. The van der Waals surface area contributed by atoms with Crippen LogP contribution in [-0.2, 0) is 14.8 Å². The number of carbonyl (C=O) groups excluding carboxylic acids is 2. The summed E-state index contributed by atoms with van der Waals surface area (Å²) < 4.78 is 32.6. The molecule has 0 atom stereocenters. The molecule has 0 unspecified atom stereocenters. The number of methoxy groups -OCH3 is 1. The molecule has 0 radical (unpaired) electrons. The number of nitrogens with zero attached hydrogens (tertiary/aromatic N) is 2. The Kier molecular flexibility index (Phi) is 6.51. The first kappa shape index (κ1) is 21.8. The zero-order chi connectivity index (χ0) is 22.4. The van der Waals surface area contributed by atoms with Crippen LogP contribution in [0.3, 0.4) is 0 Å². The lowest BCUT2D eigenvalue weighted by molar-refractivity contribution is -0.116. The van der Waals surface area contributed by atoms with Crippen LogP contribution in [0, 0.1) is 0 Å². The van der Waals surface area contributed by atoms with Gasteiger partial charge in [-0.05, 0) is 48.5 Å². The molecule has 1 aromatic heterocycles. The van der Waals surface area contributed by atoms with E-state index in [4.69, 9.17) is 10.5 Å². The molecular formula is C21H20N4O5S. The summed E-state index contributed by atoms with van der Waals surface area (Å²) in [7, 11) is -2.76. The Morgan fingerprint density at radius 2 is 1.68 bits per heavy atom. The first-order valence-electron chi connectivity index (χ1n) is 9.08. The molecule has 0 aliphatic heterocycles. The van der Waals surface area contributed by atoms with Crippen LogP contribution in [0.25, 0.3) is 0 Å². The monoisotopic (exact) mass is 440 g/mol. The van der Waals surface area contributed by atoms with Gasteiger partial charge in [0.15, 0.2) is 0 Å². The predicted molar refractivity (Wildman–Crippen MR) is 115 cm³/mol. The zero-order valence-electron chi connectivity index (χ0n) is 16.6. The van der Waals surface area contributed by atoms with Crippen LogP contribution in [0.1, 0.15) is 10.4 Å². The number of nitrogens with two attached hydrogens (primary N) is 1. The molecule has 1 heterocycles. The van der Waals surface area contributed by atoms with Gasteiger partial charge in [-0.1, -0.05) is 12.1 Å². The number of rotatable bonds is 8. The number of amides is 2. The number of para-hydroxylation sites is 1. The highest BCUT2D eigenvalue weighted by Gasteiger charge is 2.29. The average Bonchev–Trinajstić information content (AvgIpc) is 2.78. The number of benzene rings is 2. The molecule has 2 aromatic carbocycles. The molecule has 10 heteroatoms. The number of sulfonamides is 1. The molecule has 2 amide bonds. The van der Waals surface area contributed by atoms with Crippen molar-refractivity contribution in [3.63, 3.8) is 0 Å². The van der Waals surface area contributed by atoms with Crippen molar-refractivity contribution in [1.82, 2.24) is 4.98 Å². The van der Waals surface area contributed by atoms with Crippen LogP contribution in [0.5, 0.6) is 5.75 Å². The first-order chi connectivity index (χ1) is 14.8. The van der Waals surface area contributed by atoms with E-state index < -0.39 is 28.4 Å². The molecule has 0 saturated heterocycles. The van der Waals surface area contributed by atoms with Gasteiger partial charge in [-0.15, -0.1) is 0 Å². The number of hydrogen-bond acceptors (Lipinski definition) is 6. The molecule has 3 aromatic rings. The Morgan fingerprint density at radius 3 is 2.29 bits per heavy atom. The minimum absolute atomic E-state index is 0.0173. The smallest absolute Gasteiger partial charge is 0.264 e. The maximum absolute atomic E-state index is 13.3. The van der Waals surface area contributed by atoms with Gasteiger partial charge in [0, 0.05) is 18.1 Å². The Morgan fingerprint density at radius 1 is 1.03 bits per heavy atom. The third kappa shape index (κ3) is 4.98. The summed E-state index contributed by atoms with van der Waals surface area (Å²) in [5.41, 5.74) is 5.88. The van der Waals surface area contributed by atoms with Crippen LogP contribution >= 0.6 is 0 Å². The summed E-state index contributed by atoms with van der Waals surface area (Å²) in [6.07, 6.45) is 3.02. The van der Waals surface area contributed by atoms with Crippen LogP contribution in [-0.4, -0.2) is 38.9 Å². The second kappa shape index (κ2) is 9.26. The van der Waals surface area contributed by atoms with Crippen molar-refractivity contribution in [1.29, 1.82) is 0 Å². The van der Waals surface area contributed by atoms with Crippen molar-refractivity contribution < 1.29 is 22.7 Å². The molecule has 0 aliphatic rings. The summed E-state index contributed by atoms with van der Waals surface area (Å²) in [4.78, 5) is 28.4. The van der Waals surface area contributed by atoms with E-state index in [0.717, 1.165) is 4.31 Å². The van der Waals surface area contributed by atoms with Crippen LogP contribution in [0.2, 0.25) is 0 Å². The van der Waals surface area contributed by atoms with Gasteiger partial charge in [0.05, 0.1) is 23.3 Å². The summed E-state index contributed by atoms with van der Waals surface area (Å²) in [5.74, 6) is -0.958. The number of pyridine rings is 1. The number of hydrogen-bond donors (Lipinski definition) is 2. The second-order valence-electron chi connectivity index (χ2n) is 6.36. The van der Waals surface area contributed by atoms with E-state index in [1.807, 2.05) is 0 Å². The predicted octanol–water partition coefficient (Wildman–Crippen LogP) is 2.02. The highest BCUT2D eigenvalue weighted by atomic mass is 32.2. The summed E-state index contributed by atoms with van der Waals surface area (Å²) in [6.45, 7) is -0.645. The van der Waals surface area contributed by atoms with Crippen molar-refractivity contribution in [3.05, 3.63) is 78.6 Å². The van der Waals surface area contributed by atoms with Gasteiger partial charge in [-0.3, -0.25) is 18.9 Å². The van der Waals surface area contributed by atoms with E-state index >= 15 is 0 Å². The van der Waals surface area contributed by atoms with Crippen molar-refractivity contribution in [2.75, 3.05) is 23.3 Å². The molecule has 0 bridgehead atoms. The second-order valence-corrected chi connectivity index (χ2v) is 8.22. The number of nitrogens with one attached hydrogen (secondary N) is 1. The molecule has 3 N–H and O–H groups in total. The van der Waals surface area contributed by atoms with Gasteiger partial charge >= 0.3 is 0 Å². The topological polar surface area (TPSA) is 132 Å². The lowest BCUT2D eigenvalue weighted by Gasteiger charge is -2.25. The molecule has 0 saturated carbocycles. The van der Waals surface area contributed by atoms with Crippen LogP contribution in [0.15, 0.2) is 78.0 Å². The Bertz CT molecular complexity index is 1180. The number of primary amides is 1. The van der Waals surface area contributed by atoms with Gasteiger partial charge in [0.1, 0.15) is 12.3 Å². The molecule has 31 heavy (non-hydrogen) atoms. The Labute approximate surface area is 179 Å². The third-order valence-corrected chi connectivity index (χ3v) is 6.08. The van der Waals surface area contributed by atoms with Gasteiger partial charge in [-0.25, -0.2) is 8.42 Å². The van der Waals surface area contributed by atoms with Crippen LogP contribution in [0.4, 0.5) is 11.4 Å². The fourth-order valence-corrected chi connectivity index (χ4v) is 4.28. The normalized spacial score (nSPS) is 10.9. The highest BCUT2D eigenvalue weighted by molar-refractivity contribution is 7.92. The van der Waals surface area contributed by atoms with Crippen molar-refractivity contribution in [3.8, 4) is 5.75 Å². The average molecular weight is 440 g/mol. The van der Waals surface area contributed by atoms with Crippen molar-refractivity contribution >= 4 is 33.2 Å². The molecule has 160 valence electrons. The summed E-state index contributed by atoms with van der Waals surface area (Å²) >= 11 is 0. The Balaban J connectivity index is 2.05. The lowest BCUT2D eigenvalue weighted by Crippen LogP contribution is -2.39. The number of aromatic nitrogens is 1. The van der Waals surface area contributed by atoms with E-state index in [2.05, 4.69) is 10.3 Å². The lowest BCUT2D eigenvalue weighted by atomic mass is 10.1. The van der Waals surface area contributed by atoms with E-state index in [9.17, 15) is 18.0 Å². The standard InChI is InChI=1S/C21H20N4O5S/c1-30-16-6-8-17(9-7-16)31(28,29)25(14-20(22)26)19-5-3-2-4-18(19)21(27)24-15-10-12-23-13-11-15/h2-13H,14H2,1H3,(H2,22,26)(H,23,24,27). The highest BCUT2D eigenvalue weighted by Crippen LogP contribution is 2.28. The quantitative estimate of drug-likeness (QED) is 0.551. The molecule has 0 fully saturated rings. The minimum Gasteiger partial charge on any atom is -0.497 e. The number of carbonyl (C=O) groups is 2. The van der Waals surface area contributed by atoms with E-state index in [1.165, 1.54) is 55.9 Å². The molecule has 3 rings (SSSR count). The fourth-order valence-electron chi connectivity index (χ4n) is 2.83. The maximum atomic E-state index is 13.3. The van der Waals surface area contributed by atoms with Gasteiger partial charge in [0.25, 0.3) is 15.9 Å². The fraction of sp³-hybridized carbons (Fsp3) is 0.0952. The number of ether oxygens (including phenoxy) is 1. The SMILES string of the molecule is COc1ccc(S(=O)(=O)N(CC(N)=O)c2ccccc2C(=O)Nc2ccncc2)cc1. The first-order valence-corrected chi connectivity index (χ1v) is 10.5. The van der Waals surface area contributed by atoms with Gasteiger partial charge in [-0.2, -0.15) is 0 Å². The van der Waals surface area contributed by atoms with Gasteiger partial charge in [0.2, 0.25) is 5.91 Å². The summed E-state index contributed by atoms with van der Waals surface area (Å²) in [6, 6.07) is 14.9. The third-order valence-electron chi connectivity index (χ3n) is 4.30. The minimum atomic E-state index is -4.22. The molecular weight excluding hydrogens is 420 g/mol. The van der Waals surface area contributed by atoms with Crippen LogP contribution < -0.4 is 20.1 Å². The summed E-state index contributed by atoms with van der Waals surface area (Å²) in [5, 5.41) is 2.68. The van der Waals surface area contributed by atoms with Crippen molar-refractivity contribution in [2.24, 2.45) is 5.73 Å². The molecule has 9 nitrogen and oxygen atoms in total. The van der Waals surface area contributed by atoms with E-state index in [-0.39, 0.29) is 16.1 Å². The van der Waals surface area contributed by atoms with Gasteiger partial charge < -0.3 is 15.8 Å². The zero-order valence-corrected chi connectivity index (χ0v) is 17.4. The number of anilines is 2.